The summed E-state index contributed by atoms with van der Waals surface area (Å²) in [5.74, 6) is 6.53. The molecule has 2 N–H and O–H groups in total. The highest BCUT2D eigenvalue weighted by Crippen LogP contribution is 2.21. The normalized spacial score (nSPS) is 37.7. The van der Waals surface area contributed by atoms with Crippen LogP contribution in [0.5, 0.6) is 0 Å². The molecule has 2 atom stereocenters. The first kappa shape index (κ1) is 7.03. The van der Waals surface area contributed by atoms with Crippen LogP contribution in [0.3, 0.4) is 0 Å². The third-order valence-corrected chi connectivity index (χ3v) is 2.29. The maximum atomic E-state index is 5.68. The molecule has 0 aromatic rings. The summed E-state index contributed by atoms with van der Waals surface area (Å²) in [5, 5.41) is 1.95. The highest BCUT2D eigenvalue weighted by Gasteiger charge is 2.24. The van der Waals surface area contributed by atoms with Gasteiger partial charge in [0.15, 0.2) is 0 Å². The van der Waals surface area contributed by atoms with E-state index in [1.807, 2.05) is 5.01 Å². The number of nitrogens with zero attached hydrogens (tertiary/aromatic N) is 1. The van der Waals surface area contributed by atoms with E-state index in [0.29, 0.717) is 6.04 Å². The minimum atomic E-state index is 0.606. The molecule has 1 aliphatic heterocycles. The summed E-state index contributed by atoms with van der Waals surface area (Å²) >= 11 is 0. The molecule has 0 radical (unpaired) electrons. The number of hydrogen-bond acceptors (Lipinski definition) is 2. The third kappa shape index (κ3) is 1.43. The van der Waals surface area contributed by atoms with Gasteiger partial charge in [-0.15, -0.1) is 0 Å². The topological polar surface area (TPSA) is 29.3 Å². The fraction of sp³-hybridized carbons (Fsp3) is 1.00. The van der Waals surface area contributed by atoms with Crippen LogP contribution in [0, 0.1) is 5.92 Å². The number of hydrogen-bond donors (Lipinski definition) is 1. The van der Waals surface area contributed by atoms with E-state index >= 15 is 0 Å². The van der Waals surface area contributed by atoms with Gasteiger partial charge in [-0.25, -0.2) is 5.01 Å². The molecule has 0 aromatic carbocycles. The van der Waals surface area contributed by atoms with Gasteiger partial charge in [-0.2, -0.15) is 0 Å². The minimum absolute atomic E-state index is 0.606. The quantitative estimate of drug-likeness (QED) is 0.533. The molecule has 2 unspecified atom stereocenters. The van der Waals surface area contributed by atoms with Crippen LogP contribution in [0.1, 0.15) is 26.7 Å². The van der Waals surface area contributed by atoms with E-state index in [-0.39, 0.29) is 0 Å². The van der Waals surface area contributed by atoms with E-state index in [1.54, 1.807) is 0 Å². The predicted molar refractivity (Wildman–Crippen MR) is 38.8 cm³/mol. The van der Waals surface area contributed by atoms with Crippen LogP contribution in [0.15, 0.2) is 0 Å². The van der Waals surface area contributed by atoms with Gasteiger partial charge in [-0.05, 0) is 19.3 Å². The van der Waals surface area contributed by atoms with E-state index in [9.17, 15) is 0 Å². The van der Waals surface area contributed by atoms with Gasteiger partial charge < -0.3 is 0 Å². The summed E-state index contributed by atoms with van der Waals surface area (Å²) < 4.78 is 0. The van der Waals surface area contributed by atoms with Crippen molar-refractivity contribution in [2.75, 3.05) is 6.54 Å². The highest BCUT2D eigenvalue weighted by atomic mass is 15.4. The van der Waals surface area contributed by atoms with Gasteiger partial charge in [-0.3, -0.25) is 5.84 Å². The summed E-state index contributed by atoms with van der Waals surface area (Å²) in [6.07, 6.45) is 2.56. The number of rotatable bonds is 1. The van der Waals surface area contributed by atoms with Gasteiger partial charge in [0.1, 0.15) is 0 Å². The molecular weight excluding hydrogens is 112 g/mol. The monoisotopic (exact) mass is 128 g/mol. The van der Waals surface area contributed by atoms with E-state index in [0.717, 1.165) is 12.5 Å². The van der Waals surface area contributed by atoms with Crippen molar-refractivity contribution in [3.8, 4) is 0 Å². The Morgan fingerprint density at radius 3 is 2.56 bits per heavy atom. The molecule has 0 amide bonds. The third-order valence-electron chi connectivity index (χ3n) is 2.29. The second-order valence-electron chi connectivity index (χ2n) is 3.06. The van der Waals surface area contributed by atoms with E-state index < -0.39 is 0 Å². The first-order valence-corrected chi connectivity index (χ1v) is 3.75. The summed E-state index contributed by atoms with van der Waals surface area (Å²) in [7, 11) is 0. The molecule has 0 aliphatic carbocycles. The standard InChI is InChI=1S/C7H16N2/c1-3-7-4-6(2)9(8)5-7/h6-7H,3-5,8H2,1-2H3. The SMILES string of the molecule is CCC1CC(C)N(N)C1. The fourth-order valence-corrected chi connectivity index (χ4v) is 1.47. The van der Waals surface area contributed by atoms with Crippen molar-refractivity contribution in [2.45, 2.75) is 32.7 Å². The molecule has 0 spiro atoms. The molecular formula is C7H16N2. The summed E-state index contributed by atoms with van der Waals surface area (Å²) in [6.45, 7) is 5.52. The maximum Gasteiger partial charge on any atom is 0.0216 e. The summed E-state index contributed by atoms with van der Waals surface area (Å²) in [5.41, 5.74) is 0. The zero-order valence-corrected chi connectivity index (χ0v) is 6.30. The molecule has 0 aromatic heterocycles. The number of hydrazine groups is 1. The lowest BCUT2D eigenvalue weighted by Crippen LogP contribution is -2.33. The van der Waals surface area contributed by atoms with Gasteiger partial charge in [0.2, 0.25) is 0 Å². The van der Waals surface area contributed by atoms with Crippen molar-refractivity contribution in [1.82, 2.24) is 5.01 Å². The smallest absolute Gasteiger partial charge is 0.0216 e. The Balaban J connectivity index is 2.35. The Labute approximate surface area is 57.0 Å². The van der Waals surface area contributed by atoms with Crippen LogP contribution in [0.2, 0.25) is 0 Å². The zero-order valence-electron chi connectivity index (χ0n) is 6.30. The molecule has 1 fully saturated rings. The summed E-state index contributed by atoms with van der Waals surface area (Å²) in [6, 6.07) is 0.606. The van der Waals surface area contributed by atoms with Crippen LogP contribution in [-0.2, 0) is 0 Å². The molecule has 54 valence electrons. The Morgan fingerprint density at radius 1 is 1.67 bits per heavy atom. The van der Waals surface area contributed by atoms with Crippen molar-refractivity contribution in [3.63, 3.8) is 0 Å². The van der Waals surface area contributed by atoms with Crippen LogP contribution < -0.4 is 5.84 Å². The zero-order chi connectivity index (χ0) is 6.85. The van der Waals surface area contributed by atoms with Crippen LogP contribution in [0.4, 0.5) is 0 Å². The molecule has 0 bridgehead atoms. The molecule has 2 heteroatoms. The predicted octanol–water partition coefficient (Wildman–Crippen LogP) is 0.980. The maximum absolute atomic E-state index is 5.68. The fourth-order valence-electron chi connectivity index (χ4n) is 1.47. The van der Waals surface area contributed by atoms with Crippen LogP contribution in [0.25, 0.3) is 0 Å². The number of nitrogens with two attached hydrogens (primary N) is 1. The van der Waals surface area contributed by atoms with Crippen molar-refractivity contribution in [1.29, 1.82) is 0 Å². The largest absolute Gasteiger partial charge is 0.269 e. The Bertz CT molecular complexity index is 82.9. The molecule has 1 aliphatic rings. The van der Waals surface area contributed by atoms with Crippen molar-refractivity contribution >= 4 is 0 Å². The molecule has 9 heavy (non-hydrogen) atoms. The van der Waals surface area contributed by atoms with E-state index in [2.05, 4.69) is 13.8 Å². The Hall–Kier alpha value is -0.0800. The average Bonchev–Trinajstić information content (AvgIpc) is 2.13. The first-order valence-electron chi connectivity index (χ1n) is 3.75. The van der Waals surface area contributed by atoms with Gasteiger partial charge in [-0.1, -0.05) is 13.3 Å². The molecule has 1 saturated heterocycles. The second kappa shape index (κ2) is 2.67. The lowest BCUT2D eigenvalue weighted by atomic mass is 10.0. The molecule has 1 rings (SSSR count). The first-order chi connectivity index (χ1) is 4.24. The van der Waals surface area contributed by atoms with Crippen LogP contribution >= 0.6 is 0 Å². The van der Waals surface area contributed by atoms with Crippen LogP contribution in [-0.4, -0.2) is 17.6 Å². The van der Waals surface area contributed by atoms with Gasteiger partial charge in [0, 0.05) is 12.6 Å². The van der Waals surface area contributed by atoms with Gasteiger partial charge in [0.25, 0.3) is 0 Å². The molecule has 2 nitrogen and oxygen atoms in total. The Morgan fingerprint density at radius 2 is 2.33 bits per heavy atom. The van der Waals surface area contributed by atoms with E-state index in [1.165, 1.54) is 12.8 Å². The van der Waals surface area contributed by atoms with Gasteiger partial charge >= 0.3 is 0 Å². The minimum Gasteiger partial charge on any atom is -0.269 e. The molecule has 0 saturated carbocycles. The Kier molecular flexibility index (Phi) is 2.09. The van der Waals surface area contributed by atoms with Crippen molar-refractivity contribution in [2.24, 2.45) is 11.8 Å². The van der Waals surface area contributed by atoms with Crippen molar-refractivity contribution < 1.29 is 0 Å². The lowest BCUT2D eigenvalue weighted by Gasteiger charge is -2.12. The average molecular weight is 128 g/mol. The lowest BCUT2D eigenvalue weighted by molar-refractivity contribution is 0.273. The van der Waals surface area contributed by atoms with Gasteiger partial charge in [0.05, 0.1) is 0 Å². The second-order valence-corrected chi connectivity index (χ2v) is 3.06. The van der Waals surface area contributed by atoms with Crippen molar-refractivity contribution in [3.05, 3.63) is 0 Å². The van der Waals surface area contributed by atoms with E-state index in [4.69, 9.17) is 5.84 Å². The summed E-state index contributed by atoms with van der Waals surface area (Å²) in [4.78, 5) is 0. The highest BCUT2D eigenvalue weighted by molar-refractivity contribution is 4.77. The molecule has 1 heterocycles.